The molecule has 1 aliphatic heterocycles. The zero-order valence-corrected chi connectivity index (χ0v) is 12.3. The fourth-order valence-corrected chi connectivity index (χ4v) is 3.38. The van der Waals surface area contributed by atoms with Gasteiger partial charge in [0.2, 0.25) is 5.91 Å². The van der Waals surface area contributed by atoms with Crippen molar-refractivity contribution >= 4 is 23.4 Å². The largest absolute Gasteiger partial charge is 0.497 e. The minimum atomic E-state index is -0.866. The number of fused-ring (bicyclic) bond motifs is 1. The molecule has 5 heteroatoms. The molecule has 1 heterocycles. The third-order valence-electron chi connectivity index (χ3n) is 3.40. The fourth-order valence-electron chi connectivity index (χ4n) is 2.25. The first-order chi connectivity index (χ1) is 10.2. The van der Waals surface area contributed by atoms with Crippen LogP contribution in [0, 0.1) is 0 Å². The molecule has 21 heavy (non-hydrogen) atoms. The van der Waals surface area contributed by atoms with Crippen LogP contribution in [0.15, 0.2) is 53.4 Å². The summed E-state index contributed by atoms with van der Waals surface area (Å²) in [7, 11) is 1.59. The summed E-state index contributed by atoms with van der Waals surface area (Å²) in [5, 5.41) is 12.8. The molecule has 1 aliphatic rings. The molecule has 0 saturated heterocycles. The number of aliphatic hydroxyl groups excluding tert-OH is 1. The van der Waals surface area contributed by atoms with Gasteiger partial charge < -0.3 is 15.2 Å². The second-order valence-electron chi connectivity index (χ2n) is 4.74. The van der Waals surface area contributed by atoms with Crippen molar-refractivity contribution in [2.75, 3.05) is 12.4 Å². The van der Waals surface area contributed by atoms with Crippen LogP contribution in [0.1, 0.15) is 11.7 Å². The maximum Gasteiger partial charge on any atom is 0.240 e. The summed E-state index contributed by atoms with van der Waals surface area (Å²) in [6, 6.07) is 14.7. The molecular formula is C16H15NO3S. The number of rotatable bonds is 3. The van der Waals surface area contributed by atoms with Gasteiger partial charge in [-0.25, -0.2) is 0 Å². The van der Waals surface area contributed by atoms with Gasteiger partial charge >= 0.3 is 0 Å². The van der Waals surface area contributed by atoms with Crippen LogP contribution < -0.4 is 10.1 Å². The molecule has 2 N–H and O–H groups in total. The van der Waals surface area contributed by atoms with Gasteiger partial charge in [-0.05, 0) is 29.8 Å². The third kappa shape index (κ3) is 2.75. The number of benzene rings is 2. The number of aliphatic hydroxyl groups is 1. The Morgan fingerprint density at radius 3 is 2.62 bits per heavy atom. The lowest BCUT2D eigenvalue weighted by molar-refractivity contribution is -0.117. The molecule has 0 radical (unpaired) electrons. The number of nitrogens with one attached hydrogen (secondary N) is 1. The standard InChI is InChI=1S/C16H15NO3S/c1-20-11-8-6-10(7-9-11)14(18)15-16(19)17-12-4-2-3-5-13(12)21-15/h2-9,14-15,18H,1H3,(H,17,19)/t14-,15-/m1/s1. The molecule has 4 nitrogen and oxygen atoms in total. The lowest BCUT2D eigenvalue weighted by atomic mass is 10.1. The van der Waals surface area contributed by atoms with Crippen LogP contribution in [0.3, 0.4) is 0 Å². The van der Waals surface area contributed by atoms with Crippen LogP contribution in [0.25, 0.3) is 0 Å². The summed E-state index contributed by atoms with van der Waals surface area (Å²) in [5.41, 5.74) is 1.49. The summed E-state index contributed by atoms with van der Waals surface area (Å²) in [4.78, 5) is 13.1. The van der Waals surface area contributed by atoms with Gasteiger partial charge in [-0.2, -0.15) is 0 Å². The number of carbonyl (C=O) groups excluding carboxylic acids is 1. The van der Waals surface area contributed by atoms with Crippen molar-refractivity contribution in [3.05, 3.63) is 54.1 Å². The predicted molar refractivity (Wildman–Crippen MR) is 82.7 cm³/mol. The average molecular weight is 301 g/mol. The molecule has 3 rings (SSSR count). The Labute approximate surface area is 127 Å². The molecular weight excluding hydrogens is 286 g/mol. The Morgan fingerprint density at radius 2 is 1.90 bits per heavy atom. The van der Waals surface area contributed by atoms with Gasteiger partial charge in [0, 0.05) is 4.90 Å². The van der Waals surface area contributed by atoms with Crippen LogP contribution in [0.5, 0.6) is 5.75 Å². The maximum atomic E-state index is 12.2. The molecule has 0 unspecified atom stereocenters. The maximum absolute atomic E-state index is 12.2. The topological polar surface area (TPSA) is 58.6 Å². The zero-order valence-electron chi connectivity index (χ0n) is 11.4. The van der Waals surface area contributed by atoms with Crippen molar-refractivity contribution in [3.63, 3.8) is 0 Å². The van der Waals surface area contributed by atoms with Crippen molar-refractivity contribution < 1.29 is 14.6 Å². The average Bonchev–Trinajstić information content (AvgIpc) is 2.53. The van der Waals surface area contributed by atoms with E-state index in [0.717, 1.165) is 16.3 Å². The van der Waals surface area contributed by atoms with Crippen molar-refractivity contribution in [2.24, 2.45) is 0 Å². The molecule has 2 aromatic rings. The highest BCUT2D eigenvalue weighted by Gasteiger charge is 2.33. The van der Waals surface area contributed by atoms with Crippen LogP contribution in [-0.2, 0) is 4.79 Å². The van der Waals surface area contributed by atoms with Gasteiger partial charge in [0.25, 0.3) is 0 Å². The van der Waals surface area contributed by atoms with Crippen molar-refractivity contribution in [1.29, 1.82) is 0 Å². The molecule has 2 aromatic carbocycles. The number of carbonyl (C=O) groups is 1. The first-order valence-electron chi connectivity index (χ1n) is 6.57. The lowest BCUT2D eigenvalue weighted by Crippen LogP contribution is -2.33. The Bertz CT molecular complexity index is 657. The highest BCUT2D eigenvalue weighted by molar-refractivity contribution is 8.01. The van der Waals surface area contributed by atoms with Crippen molar-refractivity contribution in [2.45, 2.75) is 16.2 Å². The zero-order chi connectivity index (χ0) is 14.8. The molecule has 0 spiro atoms. The van der Waals surface area contributed by atoms with Crippen LogP contribution in [-0.4, -0.2) is 23.4 Å². The summed E-state index contributed by atoms with van der Waals surface area (Å²) in [5.74, 6) is 0.541. The van der Waals surface area contributed by atoms with E-state index in [9.17, 15) is 9.90 Å². The van der Waals surface area contributed by atoms with E-state index in [0.29, 0.717) is 5.56 Å². The molecule has 0 aromatic heterocycles. The summed E-state index contributed by atoms with van der Waals surface area (Å²) >= 11 is 1.38. The number of para-hydroxylation sites is 1. The SMILES string of the molecule is COc1ccc([C@@H](O)[C@H]2Sc3ccccc3NC2=O)cc1. The van der Waals surface area contributed by atoms with E-state index in [2.05, 4.69) is 5.32 Å². The number of anilines is 1. The number of hydrogen-bond acceptors (Lipinski definition) is 4. The first-order valence-corrected chi connectivity index (χ1v) is 7.45. The van der Waals surface area contributed by atoms with E-state index in [1.54, 1.807) is 31.4 Å². The predicted octanol–water partition coefficient (Wildman–Crippen LogP) is 2.84. The Hall–Kier alpha value is -1.98. The second kappa shape index (κ2) is 5.79. The molecule has 0 fully saturated rings. The number of hydrogen-bond donors (Lipinski definition) is 2. The van der Waals surface area contributed by atoms with Gasteiger partial charge in [0.05, 0.1) is 12.8 Å². The summed E-state index contributed by atoms with van der Waals surface area (Å²) in [6.45, 7) is 0. The summed E-state index contributed by atoms with van der Waals surface area (Å²) < 4.78 is 5.10. The van der Waals surface area contributed by atoms with Crippen LogP contribution in [0.4, 0.5) is 5.69 Å². The Kier molecular flexibility index (Phi) is 3.86. The lowest BCUT2D eigenvalue weighted by Gasteiger charge is -2.27. The van der Waals surface area contributed by atoms with Crippen LogP contribution in [0.2, 0.25) is 0 Å². The molecule has 0 saturated carbocycles. The van der Waals surface area contributed by atoms with Crippen molar-refractivity contribution in [3.8, 4) is 5.75 Å². The monoisotopic (exact) mass is 301 g/mol. The van der Waals surface area contributed by atoms with Gasteiger partial charge in [-0.3, -0.25) is 4.79 Å². The van der Waals surface area contributed by atoms with E-state index < -0.39 is 11.4 Å². The number of thioether (sulfide) groups is 1. The van der Waals surface area contributed by atoms with E-state index in [4.69, 9.17) is 4.74 Å². The van der Waals surface area contributed by atoms with Gasteiger partial charge in [-0.15, -0.1) is 11.8 Å². The minimum absolute atomic E-state index is 0.179. The highest BCUT2D eigenvalue weighted by Crippen LogP contribution is 2.40. The fraction of sp³-hybridized carbons (Fsp3) is 0.188. The third-order valence-corrected chi connectivity index (χ3v) is 4.74. The van der Waals surface area contributed by atoms with Crippen LogP contribution >= 0.6 is 11.8 Å². The van der Waals surface area contributed by atoms with E-state index in [1.807, 2.05) is 24.3 Å². The number of amides is 1. The quantitative estimate of drug-likeness (QED) is 0.915. The molecule has 1 amide bonds. The van der Waals surface area contributed by atoms with Gasteiger partial charge in [0.15, 0.2) is 0 Å². The second-order valence-corrected chi connectivity index (χ2v) is 5.93. The van der Waals surface area contributed by atoms with E-state index in [-0.39, 0.29) is 5.91 Å². The Balaban J connectivity index is 1.84. The number of methoxy groups -OCH3 is 1. The van der Waals surface area contributed by atoms with Crippen molar-refractivity contribution in [1.82, 2.24) is 0 Å². The molecule has 0 bridgehead atoms. The van der Waals surface area contributed by atoms with Gasteiger partial charge in [0.1, 0.15) is 17.1 Å². The molecule has 108 valence electrons. The normalized spacial score (nSPS) is 18.6. The molecule has 2 atom stereocenters. The Morgan fingerprint density at radius 1 is 1.19 bits per heavy atom. The van der Waals surface area contributed by atoms with E-state index in [1.165, 1.54) is 11.8 Å². The summed E-state index contributed by atoms with van der Waals surface area (Å²) in [6.07, 6.45) is -0.866. The molecule has 0 aliphatic carbocycles. The van der Waals surface area contributed by atoms with E-state index >= 15 is 0 Å². The first kappa shape index (κ1) is 14.0. The van der Waals surface area contributed by atoms with Gasteiger partial charge in [-0.1, -0.05) is 24.3 Å². The smallest absolute Gasteiger partial charge is 0.240 e. The minimum Gasteiger partial charge on any atom is -0.497 e. The highest BCUT2D eigenvalue weighted by atomic mass is 32.2. The number of ether oxygens (including phenoxy) is 1.